The molecule has 0 bridgehead atoms. The molecule has 0 aliphatic carbocycles. The zero-order valence-corrected chi connectivity index (χ0v) is 12.0. The summed E-state index contributed by atoms with van der Waals surface area (Å²) in [6.45, 7) is -0.0903. The lowest BCUT2D eigenvalue weighted by Crippen LogP contribution is -2.19. The van der Waals surface area contributed by atoms with Crippen molar-refractivity contribution in [1.82, 2.24) is 15.7 Å². The van der Waals surface area contributed by atoms with E-state index in [0.717, 1.165) is 0 Å². The largest absolute Gasteiger partial charge is 0.493 e. The van der Waals surface area contributed by atoms with Crippen LogP contribution < -0.4 is 20.6 Å². The van der Waals surface area contributed by atoms with Gasteiger partial charge in [0.05, 0.1) is 13.3 Å². The average Bonchev–Trinajstić information content (AvgIpc) is 2.99. The van der Waals surface area contributed by atoms with E-state index in [-0.39, 0.29) is 18.1 Å². The van der Waals surface area contributed by atoms with Crippen LogP contribution in [0.5, 0.6) is 11.5 Å². The van der Waals surface area contributed by atoms with E-state index < -0.39 is 5.91 Å². The van der Waals surface area contributed by atoms with Crippen molar-refractivity contribution in [1.29, 1.82) is 5.26 Å². The minimum atomic E-state index is -0.652. The topological polar surface area (TPSA) is 149 Å². The Morgan fingerprint density at radius 2 is 2.35 bits per heavy atom. The van der Waals surface area contributed by atoms with E-state index in [2.05, 4.69) is 25.5 Å². The van der Waals surface area contributed by atoms with E-state index in [1.807, 2.05) is 6.07 Å². The van der Waals surface area contributed by atoms with Crippen LogP contribution in [0.25, 0.3) is 0 Å². The molecule has 118 valence electrons. The first-order valence-corrected chi connectivity index (χ1v) is 6.25. The summed E-state index contributed by atoms with van der Waals surface area (Å²) < 4.78 is 14.7. The molecule has 0 radical (unpaired) electrons. The van der Waals surface area contributed by atoms with Gasteiger partial charge in [-0.15, -0.1) is 0 Å². The Labute approximate surface area is 130 Å². The maximum Gasteiger partial charge on any atom is 0.297 e. The third-order valence-electron chi connectivity index (χ3n) is 2.59. The monoisotopic (exact) mass is 316 g/mol. The first-order chi connectivity index (χ1) is 11.2. The van der Waals surface area contributed by atoms with E-state index in [9.17, 15) is 4.79 Å². The number of hydrazone groups is 1. The number of anilines is 1. The number of hydrogen-bond acceptors (Lipinski definition) is 9. The van der Waals surface area contributed by atoms with Crippen LogP contribution >= 0.6 is 0 Å². The second kappa shape index (κ2) is 7.41. The lowest BCUT2D eigenvalue weighted by Gasteiger charge is -2.08. The molecular formula is C13H12N6O4. The lowest BCUT2D eigenvalue weighted by molar-refractivity contribution is 0.0946. The molecule has 1 aromatic carbocycles. The molecule has 23 heavy (non-hydrogen) atoms. The Morgan fingerprint density at radius 3 is 3.00 bits per heavy atom. The van der Waals surface area contributed by atoms with Gasteiger partial charge in [-0.1, -0.05) is 0 Å². The summed E-state index contributed by atoms with van der Waals surface area (Å²) in [4.78, 5) is 11.7. The minimum absolute atomic E-state index is 0.0903. The molecule has 0 aliphatic heterocycles. The highest BCUT2D eigenvalue weighted by atomic mass is 16.6. The molecule has 2 rings (SSSR count). The van der Waals surface area contributed by atoms with Crippen molar-refractivity contribution in [2.24, 2.45) is 5.10 Å². The highest BCUT2D eigenvalue weighted by molar-refractivity contribution is 5.96. The van der Waals surface area contributed by atoms with Crippen LogP contribution in [0.15, 0.2) is 27.9 Å². The molecule has 10 heteroatoms. The molecule has 1 aromatic heterocycles. The second-order valence-corrected chi connectivity index (χ2v) is 4.05. The van der Waals surface area contributed by atoms with Crippen LogP contribution in [0.4, 0.5) is 5.82 Å². The van der Waals surface area contributed by atoms with Crippen molar-refractivity contribution >= 4 is 17.9 Å². The number of rotatable bonds is 6. The molecule has 0 aliphatic rings. The summed E-state index contributed by atoms with van der Waals surface area (Å²) >= 11 is 0. The minimum Gasteiger partial charge on any atom is -0.493 e. The Morgan fingerprint density at radius 1 is 1.52 bits per heavy atom. The summed E-state index contributed by atoms with van der Waals surface area (Å²) in [5, 5.41) is 18.9. The number of nitriles is 1. The average molecular weight is 316 g/mol. The number of nitrogen functional groups attached to an aromatic ring is 1. The van der Waals surface area contributed by atoms with Crippen molar-refractivity contribution in [3.05, 3.63) is 29.5 Å². The van der Waals surface area contributed by atoms with Gasteiger partial charge < -0.3 is 15.2 Å². The number of hydrogen-bond donors (Lipinski definition) is 2. The quantitative estimate of drug-likeness (QED) is 0.571. The fourth-order valence-corrected chi connectivity index (χ4v) is 1.57. The molecule has 0 unspecified atom stereocenters. The SMILES string of the molecule is COc1cc(/C=N\NC(=O)c2nonc2N)ccc1OCC#N. The zero-order valence-electron chi connectivity index (χ0n) is 12.0. The van der Waals surface area contributed by atoms with E-state index in [1.54, 1.807) is 18.2 Å². The van der Waals surface area contributed by atoms with Gasteiger partial charge in [-0.25, -0.2) is 10.1 Å². The van der Waals surface area contributed by atoms with E-state index in [4.69, 9.17) is 20.5 Å². The van der Waals surface area contributed by atoms with Gasteiger partial charge in [0, 0.05) is 0 Å². The molecule has 3 N–H and O–H groups in total. The molecule has 0 saturated heterocycles. The van der Waals surface area contributed by atoms with Crippen LogP contribution in [0.3, 0.4) is 0 Å². The first kappa shape index (κ1) is 15.8. The number of carbonyl (C=O) groups is 1. The predicted octanol–water partition coefficient (Wildman–Crippen LogP) is 0.327. The molecular weight excluding hydrogens is 304 g/mol. The van der Waals surface area contributed by atoms with Gasteiger partial charge in [0.25, 0.3) is 5.91 Å². The summed E-state index contributed by atoms with van der Waals surface area (Å²) in [6.07, 6.45) is 1.39. The van der Waals surface area contributed by atoms with E-state index in [1.165, 1.54) is 13.3 Å². The van der Waals surface area contributed by atoms with Crippen molar-refractivity contribution in [3.63, 3.8) is 0 Å². The Hall–Kier alpha value is -3.61. The third kappa shape index (κ3) is 3.94. The fourth-order valence-electron chi connectivity index (χ4n) is 1.57. The van der Waals surface area contributed by atoms with Gasteiger partial charge in [-0.05, 0) is 34.1 Å². The standard InChI is InChI=1S/C13H12N6O4/c1-21-10-6-8(2-3-9(10)22-5-4-14)7-16-17-13(20)11-12(15)19-23-18-11/h2-3,6-7H,5H2,1H3,(H2,15,19)(H,17,20)/b16-7-. The number of benzene rings is 1. The summed E-state index contributed by atoms with van der Waals surface area (Å²) in [7, 11) is 1.47. The van der Waals surface area contributed by atoms with Crippen molar-refractivity contribution in [3.8, 4) is 17.6 Å². The fraction of sp³-hybridized carbons (Fsp3) is 0.154. The number of methoxy groups -OCH3 is 1. The maximum atomic E-state index is 11.7. The van der Waals surface area contributed by atoms with Gasteiger partial charge in [-0.2, -0.15) is 10.4 Å². The van der Waals surface area contributed by atoms with Gasteiger partial charge in [-0.3, -0.25) is 4.79 Å². The zero-order chi connectivity index (χ0) is 16.7. The predicted molar refractivity (Wildman–Crippen MR) is 77.9 cm³/mol. The van der Waals surface area contributed by atoms with E-state index >= 15 is 0 Å². The Balaban J connectivity index is 2.04. The molecule has 1 amide bonds. The molecule has 0 atom stereocenters. The number of nitrogens with two attached hydrogens (primary N) is 1. The van der Waals surface area contributed by atoms with Gasteiger partial charge in [0.1, 0.15) is 6.07 Å². The first-order valence-electron chi connectivity index (χ1n) is 6.25. The van der Waals surface area contributed by atoms with Crippen LogP contribution in [-0.4, -0.2) is 36.2 Å². The maximum absolute atomic E-state index is 11.7. The summed E-state index contributed by atoms with van der Waals surface area (Å²) in [5.74, 6) is 0.0801. The number of aromatic nitrogens is 2. The molecule has 0 spiro atoms. The second-order valence-electron chi connectivity index (χ2n) is 4.05. The normalized spacial score (nSPS) is 10.3. The van der Waals surface area contributed by atoms with Crippen LogP contribution in [-0.2, 0) is 0 Å². The highest BCUT2D eigenvalue weighted by Crippen LogP contribution is 2.27. The van der Waals surface area contributed by atoms with Crippen molar-refractivity contribution in [2.75, 3.05) is 19.5 Å². The lowest BCUT2D eigenvalue weighted by atomic mass is 10.2. The van der Waals surface area contributed by atoms with Crippen LogP contribution in [0.1, 0.15) is 16.1 Å². The molecule has 0 fully saturated rings. The van der Waals surface area contributed by atoms with Crippen LogP contribution in [0, 0.1) is 11.3 Å². The third-order valence-corrected chi connectivity index (χ3v) is 2.59. The van der Waals surface area contributed by atoms with Crippen molar-refractivity contribution < 1.29 is 18.9 Å². The Kier molecular flexibility index (Phi) is 5.08. The molecule has 1 heterocycles. The molecule has 0 saturated carbocycles. The highest BCUT2D eigenvalue weighted by Gasteiger charge is 2.14. The molecule has 2 aromatic rings. The van der Waals surface area contributed by atoms with Gasteiger partial charge in [0.2, 0.25) is 11.5 Å². The van der Waals surface area contributed by atoms with E-state index in [0.29, 0.717) is 17.1 Å². The number of carbonyl (C=O) groups excluding carboxylic acids is 1. The Bertz CT molecular complexity index is 764. The van der Waals surface area contributed by atoms with Gasteiger partial charge >= 0.3 is 0 Å². The smallest absolute Gasteiger partial charge is 0.297 e. The number of amides is 1. The number of nitrogens with zero attached hydrogens (tertiary/aromatic N) is 4. The van der Waals surface area contributed by atoms with Gasteiger partial charge in [0.15, 0.2) is 18.1 Å². The number of ether oxygens (including phenoxy) is 2. The summed E-state index contributed by atoms with van der Waals surface area (Å²) in [6, 6.07) is 6.80. The summed E-state index contributed by atoms with van der Waals surface area (Å²) in [5.41, 5.74) is 8.10. The van der Waals surface area contributed by atoms with Crippen molar-refractivity contribution in [2.45, 2.75) is 0 Å². The molecule has 10 nitrogen and oxygen atoms in total. The number of nitrogens with one attached hydrogen (secondary N) is 1. The van der Waals surface area contributed by atoms with Crippen LogP contribution in [0.2, 0.25) is 0 Å².